The van der Waals surface area contributed by atoms with Crippen LogP contribution in [0.15, 0.2) is 0 Å². The second-order valence-corrected chi connectivity index (χ2v) is 5.70. The summed E-state index contributed by atoms with van der Waals surface area (Å²) in [4.78, 5) is 24.1. The molecule has 0 saturated heterocycles. The Labute approximate surface area is 109 Å². The molecule has 1 atom stereocenters. The highest BCUT2D eigenvalue weighted by molar-refractivity contribution is 5.80. The van der Waals surface area contributed by atoms with Gasteiger partial charge in [0.15, 0.2) is 0 Å². The normalized spacial score (nSPS) is 16.4. The molecule has 5 heteroatoms. The van der Waals surface area contributed by atoms with Crippen molar-refractivity contribution in [2.75, 3.05) is 13.1 Å². The lowest BCUT2D eigenvalue weighted by Crippen LogP contribution is -2.47. The van der Waals surface area contributed by atoms with Crippen LogP contribution >= 0.6 is 0 Å². The predicted octanol–water partition coefficient (Wildman–Crippen LogP) is 1.93. The van der Waals surface area contributed by atoms with Gasteiger partial charge in [-0.3, -0.25) is 4.79 Å². The van der Waals surface area contributed by atoms with E-state index in [-0.39, 0.29) is 24.5 Å². The molecule has 1 aliphatic rings. The fraction of sp³-hybridized carbons (Fsp3) is 0.846. The van der Waals surface area contributed by atoms with Crippen molar-refractivity contribution in [3.63, 3.8) is 0 Å². The van der Waals surface area contributed by atoms with E-state index in [9.17, 15) is 9.59 Å². The summed E-state index contributed by atoms with van der Waals surface area (Å²) in [7, 11) is 0. The molecule has 1 unspecified atom stereocenters. The maximum Gasteiger partial charge on any atom is 0.323 e. The zero-order chi connectivity index (χ0) is 13.7. The van der Waals surface area contributed by atoms with E-state index in [4.69, 9.17) is 5.11 Å². The number of hydrogen-bond acceptors (Lipinski definition) is 2. The zero-order valence-corrected chi connectivity index (χ0v) is 11.5. The second-order valence-electron chi connectivity index (χ2n) is 5.70. The number of carbonyl (C=O) groups is 2. The minimum atomic E-state index is -0.972. The van der Waals surface area contributed by atoms with Crippen molar-refractivity contribution >= 4 is 12.0 Å². The van der Waals surface area contributed by atoms with Crippen LogP contribution in [-0.2, 0) is 4.79 Å². The van der Waals surface area contributed by atoms with Gasteiger partial charge < -0.3 is 15.3 Å². The van der Waals surface area contributed by atoms with Crippen LogP contribution in [0.4, 0.5) is 4.79 Å². The van der Waals surface area contributed by atoms with Gasteiger partial charge in [-0.2, -0.15) is 0 Å². The first kappa shape index (κ1) is 14.8. The average molecular weight is 256 g/mol. The summed E-state index contributed by atoms with van der Waals surface area (Å²) in [5, 5.41) is 11.7. The van der Waals surface area contributed by atoms with E-state index in [1.165, 1.54) is 17.7 Å². The monoisotopic (exact) mass is 256 g/mol. The minimum absolute atomic E-state index is 0.119. The highest BCUT2D eigenvalue weighted by Gasteiger charge is 2.25. The number of nitrogens with zero attached hydrogens (tertiary/aromatic N) is 1. The van der Waals surface area contributed by atoms with E-state index in [1.807, 2.05) is 20.8 Å². The smallest absolute Gasteiger partial charge is 0.323 e. The van der Waals surface area contributed by atoms with Gasteiger partial charge in [-0.15, -0.1) is 0 Å². The highest BCUT2D eigenvalue weighted by Crippen LogP contribution is 2.33. The third-order valence-electron chi connectivity index (χ3n) is 2.95. The van der Waals surface area contributed by atoms with Gasteiger partial charge >= 0.3 is 12.0 Å². The quantitative estimate of drug-likeness (QED) is 0.731. The Morgan fingerprint density at radius 1 is 1.33 bits per heavy atom. The molecular formula is C13H24N2O3. The Hall–Kier alpha value is -1.26. The SMILES string of the molecule is CC(C)CN(CC(=O)O)C(=O)NC(C)CC1CC1. The summed E-state index contributed by atoms with van der Waals surface area (Å²) in [6, 6.07) is -0.146. The van der Waals surface area contributed by atoms with E-state index in [2.05, 4.69) is 5.32 Å². The molecule has 0 heterocycles. The minimum Gasteiger partial charge on any atom is -0.480 e. The van der Waals surface area contributed by atoms with Crippen molar-refractivity contribution < 1.29 is 14.7 Å². The summed E-state index contributed by atoms with van der Waals surface area (Å²) < 4.78 is 0. The van der Waals surface area contributed by atoms with Gasteiger partial charge in [0.25, 0.3) is 0 Å². The summed E-state index contributed by atoms with van der Waals surface area (Å²) in [6.45, 7) is 6.14. The van der Waals surface area contributed by atoms with E-state index in [0.717, 1.165) is 12.3 Å². The molecule has 1 aliphatic carbocycles. The number of carbonyl (C=O) groups excluding carboxylic acids is 1. The summed E-state index contributed by atoms with van der Waals surface area (Å²) in [6.07, 6.45) is 3.50. The topological polar surface area (TPSA) is 69.6 Å². The standard InChI is InChI=1S/C13H24N2O3/c1-9(2)7-15(8-12(16)17)13(18)14-10(3)6-11-4-5-11/h9-11H,4-8H2,1-3H3,(H,14,18)(H,16,17). The van der Waals surface area contributed by atoms with Crippen LogP contribution in [0.5, 0.6) is 0 Å². The first-order chi connectivity index (χ1) is 8.38. The predicted molar refractivity (Wildman–Crippen MR) is 69.4 cm³/mol. The van der Waals surface area contributed by atoms with Gasteiger partial charge in [0.05, 0.1) is 0 Å². The lowest BCUT2D eigenvalue weighted by Gasteiger charge is -2.25. The first-order valence-electron chi connectivity index (χ1n) is 6.65. The lowest BCUT2D eigenvalue weighted by molar-refractivity contribution is -0.137. The Bertz CT molecular complexity index is 301. The highest BCUT2D eigenvalue weighted by atomic mass is 16.4. The summed E-state index contributed by atoms with van der Waals surface area (Å²) in [5.74, 6) is 0.0350. The number of carboxylic acid groups (broad SMARTS) is 1. The Morgan fingerprint density at radius 2 is 1.94 bits per heavy atom. The number of aliphatic carboxylic acids is 1. The van der Waals surface area contributed by atoms with Crippen molar-refractivity contribution in [2.45, 2.75) is 46.1 Å². The number of urea groups is 1. The molecule has 5 nitrogen and oxygen atoms in total. The van der Waals surface area contributed by atoms with E-state index in [1.54, 1.807) is 0 Å². The van der Waals surface area contributed by atoms with Gasteiger partial charge in [-0.1, -0.05) is 26.7 Å². The number of rotatable bonds is 7. The molecule has 0 spiro atoms. The molecule has 104 valence electrons. The molecule has 1 fully saturated rings. The molecule has 0 aromatic rings. The Morgan fingerprint density at radius 3 is 2.39 bits per heavy atom. The van der Waals surface area contributed by atoms with Crippen molar-refractivity contribution in [3.05, 3.63) is 0 Å². The van der Waals surface area contributed by atoms with Crippen molar-refractivity contribution in [2.24, 2.45) is 11.8 Å². The van der Waals surface area contributed by atoms with Crippen molar-refractivity contribution in [3.8, 4) is 0 Å². The summed E-state index contributed by atoms with van der Waals surface area (Å²) in [5.41, 5.74) is 0. The van der Waals surface area contributed by atoms with Gasteiger partial charge in [-0.05, 0) is 25.2 Å². The van der Waals surface area contributed by atoms with Gasteiger partial charge in [0, 0.05) is 12.6 Å². The van der Waals surface area contributed by atoms with Gasteiger partial charge in [0.1, 0.15) is 6.54 Å². The number of amides is 2. The molecule has 2 amide bonds. The van der Waals surface area contributed by atoms with Crippen LogP contribution in [0, 0.1) is 11.8 Å². The molecular weight excluding hydrogens is 232 g/mol. The molecule has 2 N–H and O–H groups in total. The maximum absolute atomic E-state index is 12.0. The third kappa shape index (κ3) is 5.89. The molecule has 1 rings (SSSR count). The van der Waals surface area contributed by atoms with Crippen LogP contribution in [0.1, 0.15) is 40.0 Å². The third-order valence-corrected chi connectivity index (χ3v) is 2.95. The molecule has 1 saturated carbocycles. The number of nitrogens with one attached hydrogen (secondary N) is 1. The van der Waals surface area contributed by atoms with E-state index < -0.39 is 5.97 Å². The van der Waals surface area contributed by atoms with Crippen LogP contribution in [0.3, 0.4) is 0 Å². The molecule has 0 bridgehead atoms. The van der Waals surface area contributed by atoms with Gasteiger partial charge in [-0.25, -0.2) is 4.79 Å². The largest absolute Gasteiger partial charge is 0.480 e. The summed E-state index contributed by atoms with van der Waals surface area (Å²) >= 11 is 0. The lowest BCUT2D eigenvalue weighted by atomic mass is 10.1. The van der Waals surface area contributed by atoms with Crippen LogP contribution in [0.2, 0.25) is 0 Å². The maximum atomic E-state index is 12.0. The van der Waals surface area contributed by atoms with Crippen LogP contribution in [-0.4, -0.2) is 41.1 Å². The van der Waals surface area contributed by atoms with Crippen LogP contribution in [0.25, 0.3) is 0 Å². The van der Waals surface area contributed by atoms with Crippen LogP contribution < -0.4 is 5.32 Å². The molecule has 0 aromatic heterocycles. The van der Waals surface area contributed by atoms with Gasteiger partial charge in [0.2, 0.25) is 0 Å². The Balaban J connectivity index is 2.42. The average Bonchev–Trinajstić information content (AvgIpc) is 2.98. The molecule has 0 aromatic carbocycles. The zero-order valence-electron chi connectivity index (χ0n) is 11.5. The number of carboxylic acids is 1. The molecule has 0 aliphatic heterocycles. The fourth-order valence-electron chi connectivity index (χ4n) is 2.04. The first-order valence-corrected chi connectivity index (χ1v) is 6.65. The number of hydrogen-bond donors (Lipinski definition) is 2. The van der Waals surface area contributed by atoms with Crippen molar-refractivity contribution in [1.29, 1.82) is 0 Å². The second kappa shape index (κ2) is 6.61. The Kier molecular flexibility index (Phi) is 5.44. The van der Waals surface area contributed by atoms with E-state index in [0.29, 0.717) is 6.54 Å². The molecule has 18 heavy (non-hydrogen) atoms. The van der Waals surface area contributed by atoms with Crippen molar-refractivity contribution in [1.82, 2.24) is 10.2 Å². The fourth-order valence-corrected chi connectivity index (χ4v) is 2.04. The molecule has 0 radical (unpaired) electrons. The van der Waals surface area contributed by atoms with E-state index >= 15 is 0 Å².